The van der Waals surface area contributed by atoms with Gasteiger partial charge in [-0.15, -0.1) is 0 Å². The molecular weight excluding hydrogens is 483 g/mol. The molecule has 0 aromatic heterocycles. The zero-order chi connectivity index (χ0) is 21.3. The maximum absolute atomic E-state index is 11.8. The molecule has 0 amide bonds. The van der Waals surface area contributed by atoms with Gasteiger partial charge in [0.25, 0.3) is 0 Å². The van der Waals surface area contributed by atoms with Gasteiger partial charge in [-0.2, -0.15) is 0 Å². The molecule has 30 heavy (non-hydrogen) atoms. The van der Waals surface area contributed by atoms with Crippen LogP contribution in [0.4, 0.5) is 0 Å². The first-order valence-corrected chi connectivity index (χ1v) is 14.1. The van der Waals surface area contributed by atoms with Gasteiger partial charge in [0.1, 0.15) is 0 Å². The van der Waals surface area contributed by atoms with E-state index in [-0.39, 0.29) is 48.5 Å². The van der Waals surface area contributed by atoms with Gasteiger partial charge in [-0.1, -0.05) is 0 Å². The van der Waals surface area contributed by atoms with E-state index in [1.807, 2.05) is 35.7 Å². The number of thioether (sulfide) groups is 2. The number of esters is 2. The Kier molecular flexibility index (Phi) is 9.19. The number of carbonyl (C=O) groups is 2. The molecule has 0 unspecified atom stereocenters. The number of hydrogen-bond donors (Lipinski definition) is 0. The molecule has 0 aliphatic carbocycles. The molecule has 4 nitrogen and oxygen atoms in total. The molecule has 3 atom stereocenters. The number of rotatable bonds is 9. The van der Waals surface area contributed by atoms with Gasteiger partial charge in [-0.3, -0.25) is 0 Å². The molecule has 3 rings (SSSR count). The van der Waals surface area contributed by atoms with E-state index in [0.717, 1.165) is 16.8 Å². The standard InChI is InChI=1S/C23H26O4S2Se/c1-16(24)26-20-15-30-22(21(20)27-17(2)25)23(28-13-18-9-5-3-6-10-18)29-14-19-11-7-4-8-12-19/h3-12,20-23H,13-15H2,1-2H3/t20-,21+,22+/m1/s1. The minimum atomic E-state index is -0.372. The van der Waals surface area contributed by atoms with Gasteiger partial charge in [0, 0.05) is 0 Å². The Bertz CT molecular complexity index is 775. The van der Waals surface area contributed by atoms with Crippen molar-refractivity contribution in [3.8, 4) is 0 Å². The first-order valence-electron chi connectivity index (χ1n) is 9.80. The van der Waals surface area contributed by atoms with E-state index in [0.29, 0.717) is 0 Å². The van der Waals surface area contributed by atoms with Crippen molar-refractivity contribution in [3.05, 3.63) is 71.8 Å². The van der Waals surface area contributed by atoms with Gasteiger partial charge in [0.15, 0.2) is 0 Å². The molecule has 0 saturated carbocycles. The average molecular weight is 510 g/mol. The van der Waals surface area contributed by atoms with E-state index >= 15 is 0 Å². The minimum absolute atomic E-state index is 0.188. The van der Waals surface area contributed by atoms with Crippen LogP contribution in [-0.4, -0.2) is 43.7 Å². The Labute approximate surface area is 193 Å². The Hall–Kier alpha value is -1.40. The van der Waals surface area contributed by atoms with Gasteiger partial charge in [-0.05, 0) is 0 Å². The number of benzene rings is 2. The Balaban J connectivity index is 1.75. The molecule has 0 radical (unpaired) electrons. The van der Waals surface area contributed by atoms with E-state index in [2.05, 4.69) is 48.5 Å². The summed E-state index contributed by atoms with van der Waals surface area (Å²) in [5.74, 6) is 1.15. The second-order valence-electron chi connectivity index (χ2n) is 6.98. The fraction of sp³-hybridized carbons (Fsp3) is 0.391. The molecule has 1 heterocycles. The normalized spacial score (nSPS) is 20.8. The molecular formula is C23H26O4S2Se. The van der Waals surface area contributed by atoms with Crippen molar-refractivity contribution in [1.82, 2.24) is 0 Å². The summed E-state index contributed by atoms with van der Waals surface area (Å²) < 4.78 is 11.5. The Morgan fingerprint density at radius 2 is 1.40 bits per heavy atom. The van der Waals surface area contributed by atoms with Crippen LogP contribution in [-0.2, 0) is 30.6 Å². The van der Waals surface area contributed by atoms with Crippen molar-refractivity contribution < 1.29 is 19.1 Å². The van der Waals surface area contributed by atoms with Crippen LogP contribution in [0.1, 0.15) is 25.0 Å². The molecule has 2 aromatic carbocycles. The van der Waals surface area contributed by atoms with E-state index < -0.39 is 0 Å². The number of ether oxygens (including phenoxy) is 2. The Morgan fingerprint density at radius 1 is 0.900 bits per heavy atom. The summed E-state index contributed by atoms with van der Waals surface area (Å²) in [4.78, 5) is 23.5. The van der Waals surface area contributed by atoms with Gasteiger partial charge >= 0.3 is 194 Å². The van der Waals surface area contributed by atoms with Gasteiger partial charge in [0.05, 0.1) is 0 Å². The summed E-state index contributed by atoms with van der Waals surface area (Å²) in [6.07, 6.45) is -0.712. The summed E-state index contributed by atoms with van der Waals surface area (Å²) in [5.41, 5.74) is 2.55. The van der Waals surface area contributed by atoms with Crippen LogP contribution in [0.2, 0.25) is 10.1 Å². The van der Waals surface area contributed by atoms with Crippen LogP contribution in [0.25, 0.3) is 0 Å². The van der Waals surface area contributed by atoms with Crippen LogP contribution >= 0.6 is 23.5 Å². The van der Waals surface area contributed by atoms with Crippen molar-refractivity contribution in [3.63, 3.8) is 0 Å². The van der Waals surface area contributed by atoms with Gasteiger partial charge in [-0.25, -0.2) is 0 Å². The summed E-state index contributed by atoms with van der Waals surface area (Å²) in [7, 11) is 0. The van der Waals surface area contributed by atoms with E-state index in [9.17, 15) is 9.59 Å². The fourth-order valence-corrected chi connectivity index (χ4v) is 10.2. The van der Waals surface area contributed by atoms with Crippen LogP contribution in [0.15, 0.2) is 60.7 Å². The molecule has 1 fully saturated rings. The van der Waals surface area contributed by atoms with E-state index in [1.54, 1.807) is 0 Å². The first kappa shape index (κ1) is 23.3. The summed E-state index contributed by atoms with van der Waals surface area (Å²) in [6.45, 7) is 2.84. The van der Waals surface area contributed by atoms with Crippen molar-refractivity contribution in [2.24, 2.45) is 0 Å². The van der Waals surface area contributed by atoms with Crippen LogP contribution in [0.5, 0.6) is 0 Å². The number of hydrogen-bond acceptors (Lipinski definition) is 6. The number of carbonyl (C=O) groups excluding carboxylic acids is 2. The zero-order valence-electron chi connectivity index (χ0n) is 17.1. The van der Waals surface area contributed by atoms with Gasteiger partial charge in [0.2, 0.25) is 0 Å². The maximum atomic E-state index is 11.8. The predicted molar refractivity (Wildman–Crippen MR) is 125 cm³/mol. The van der Waals surface area contributed by atoms with E-state index in [4.69, 9.17) is 9.47 Å². The topological polar surface area (TPSA) is 52.6 Å². The molecule has 1 aliphatic rings. The second-order valence-corrected chi connectivity index (χ2v) is 12.1. The molecule has 160 valence electrons. The van der Waals surface area contributed by atoms with Crippen LogP contribution in [0.3, 0.4) is 0 Å². The monoisotopic (exact) mass is 510 g/mol. The first-order chi connectivity index (χ1) is 14.5. The SMILES string of the molecule is CC(=O)O[C@@H]1[C@@H](C(SCc2ccccc2)SCc2ccccc2)[Se]C[C@H]1OC(C)=O. The molecule has 0 N–H and O–H groups in total. The third-order valence-corrected chi connectivity index (χ3v) is 11.4. The average Bonchev–Trinajstić information content (AvgIpc) is 3.10. The van der Waals surface area contributed by atoms with Crippen molar-refractivity contribution in [1.29, 1.82) is 0 Å². The summed E-state index contributed by atoms with van der Waals surface area (Å²) >= 11 is 4.00. The third-order valence-electron chi connectivity index (χ3n) is 4.54. The van der Waals surface area contributed by atoms with Crippen molar-refractivity contribution >= 4 is 50.4 Å². The molecule has 2 aromatic rings. The predicted octanol–water partition coefficient (Wildman–Crippen LogP) is 4.97. The van der Waals surface area contributed by atoms with Crippen LogP contribution < -0.4 is 0 Å². The van der Waals surface area contributed by atoms with Crippen LogP contribution in [0, 0.1) is 0 Å². The van der Waals surface area contributed by atoms with Crippen molar-refractivity contribution in [2.75, 3.05) is 0 Å². The summed E-state index contributed by atoms with van der Waals surface area (Å²) in [5, 5.41) is 0.781. The van der Waals surface area contributed by atoms with Crippen molar-refractivity contribution in [2.45, 2.75) is 52.3 Å². The third kappa shape index (κ3) is 7.09. The zero-order valence-corrected chi connectivity index (χ0v) is 20.4. The molecule has 1 aliphatic heterocycles. The molecule has 1 saturated heterocycles. The Morgan fingerprint density at radius 3 is 1.87 bits per heavy atom. The quantitative estimate of drug-likeness (QED) is 0.270. The molecule has 7 heteroatoms. The second kappa shape index (κ2) is 11.8. The summed E-state index contributed by atoms with van der Waals surface area (Å²) in [6, 6.07) is 20.8. The molecule has 0 bridgehead atoms. The van der Waals surface area contributed by atoms with E-state index in [1.165, 1.54) is 25.0 Å². The van der Waals surface area contributed by atoms with Gasteiger partial charge < -0.3 is 0 Å². The molecule has 0 spiro atoms. The fourth-order valence-electron chi connectivity index (χ4n) is 3.23.